The van der Waals surface area contributed by atoms with Crippen LogP contribution in [0.15, 0.2) is 64.2 Å². The summed E-state index contributed by atoms with van der Waals surface area (Å²) >= 11 is 3.48. The van der Waals surface area contributed by atoms with E-state index in [2.05, 4.69) is 26.5 Å². The molecule has 0 saturated carbocycles. The van der Waals surface area contributed by atoms with Crippen molar-refractivity contribution in [2.75, 3.05) is 20.3 Å². The number of methoxy groups -OCH3 is 1. The van der Waals surface area contributed by atoms with Crippen molar-refractivity contribution in [2.24, 2.45) is 5.10 Å². The molecule has 7 nitrogen and oxygen atoms in total. The lowest BCUT2D eigenvalue weighted by molar-refractivity contribution is 0.0954. The van der Waals surface area contributed by atoms with Crippen molar-refractivity contribution in [1.82, 2.24) is 5.43 Å². The number of hydrazone groups is 1. The molecule has 1 amide bonds. The summed E-state index contributed by atoms with van der Waals surface area (Å²) in [4.78, 5) is 12.5. The van der Waals surface area contributed by atoms with Crippen LogP contribution in [0.3, 0.4) is 0 Å². The lowest BCUT2D eigenvalue weighted by Crippen LogP contribution is -2.17. The van der Waals surface area contributed by atoms with Crippen molar-refractivity contribution in [1.29, 1.82) is 0 Å². The molecular weight excluding hydrogens is 519 g/mol. The van der Waals surface area contributed by atoms with Crippen LogP contribution in [-0.2, 0) is 6.61 Å². The van der Waals surface area contributed by atoms with E-state index >= 15 is 0 Å². The minimum Gasteiger partial charge on any atom is -0.493 e. The van der Waals surface area contributed by atoms with Crippen molar-refractivity contribution in [3.05, 3.63) is 81.6 Å². The Morgan fingerprint density at radius 1 is 1.00 bits per heavy atom. The summed E-state index contributed by atoms with van der Waals surface area (Å²) in [5.74, 6) is 1.17. The van der Waals surface area contributed by atoms with Crippen LogP contribution < -0.4 is 24.4 Å². The Bertz CT molecular complexity index is 1200. The van der Waals surface area contributed by atoms with Crippen molar-refractivity contribution in [2.45, 2.75) is 20.5 Å². The molecule has 3 aromatic carbocycles. The third kappa shape index (κ3) is 6.95. The van der Waals surface area contributed by atoms with E-state index in [9.17, 15) is 9.18 Å². The maximum Gasteiger partial charge on any atom is 0.271 e. The number of nitrogens with zero attached hydrogens (tertiary/aromatic N) is 1. The van der Waals surface area contributed by atoms with Gasteiger partial charge in [0, 0.05) is 11.1 Å². The molecule has 0 heterocycles. The van der Waals surface area contributed by atoms with Crippen LogP contribution >= 0.6 is 15.9 Å². The molecule has 0 fully saturated rings. The number of carbonyl (C=O) groups excluding carboxylic acids is 1. The van der Waals surface area contributed by atoms with Crippen LogP contribution in [0.4, 0.5) is 4.39 Å². The highest BCUT2D eigenvalue weighted by Gasteiger charge is 2.14. The van der Waals surface area contributed by atoms with E-state index in [1.54, 1.807) is 48.5 Å². The van der Waals surface area contributed by atoms with Crippen molar-refractivity contribution < 1.29 is 28.1 Å². The molecule has 3 rings (SSSR count). The van der Waals surface area contributed by atoms with Gasteiger partial charge in [0.2, 0.25) is 0 Å². The molecule has 0 aliphatic rings. The van der Waals surface area contributed by atoms with E-state index < -0.39 is 5.91 Å². The van der Waals surface area contributed by atoms with E-state index in [0.717, 1.165) is 0 Å². The van der Waals surface area contributed by atoms with E-state index in [1.807, 2.05) is 13.8 Å². The second kappa shape index (κ2) is 12.8. The van der Waals surface area contributed by atoms with Gasteiger partial charge in [-0.3, -0.25) is 4.79 Å². The molecule has 0 bridgehead atoms. The topological polar surface area (TPSA) is 78.4 Å². The van der Waals surface area contributed by atoms with Gasteiger partial charge in [-0.05, 0) is 71.7 Å². The first kappa shape index (κ1) is 26.0. The van der Waals surface area contributed by atoms with Gasteiger partial charge in [-0.2, -0.15) is 5.10 Å². The van der Waals surface area contributed by atoms with Crippen LogP contribution in [-0.4, -0.2) is 32.4 Å². The highest BCUT2D eigenvalue weighted by molar-refractivity contribution is 9.10. The number of amides is 1. The zero-order valence-electron chi connectivity index (χ0n) is 19.6. The Balaban J connectivity index is 1.72. The fourth-order valence-electron chi connectivity index (χ4n) is 3.14. The second-order valence-electron chi connectivity index (χ2n) is 7.14. The first-order valence-corrected chi connectivity index (χ1v) is 11.7. The number of carbonyl (C=O) groups is 1. The van der Waals surface area contributed by atoms with Gasteiger partial charge in [0.1, 0.15) is 12.4 Å². The van der Waals surface area contributed by atoms with Gasteiger partial charge >= 0.3 is 0 Å². The van der Waals surface area contributed by atoms with Crippen molar-refractivity contribution in [3.63, 3.8) is 0 Å². The Kier molecular flexibility index (Phi) is 9.48. The minimum absolute atomic E-state index is 0.0421. The summed E-state index contributed by atoms with van der Waals surface area (Å²) in [6.07, 6.45) is 1.48. The lowest BCUT2D eigenvalue weighted by atomic mass is 10.2. The average molecular weight is 545 g/mol. The van der Waals surface area contributed by atoms with Crippen LogP contribution in [0.25, 0.3) is 0 Å². The quantitative estimate of drug-likeness (QED) is 0.246. The van der Waals surface area contributed by atoms with Gasteiger partial charge in [0.15, 0.2) is 23.0 Å². The number of hydrogen-bond acceptors (Lipinski definition) is 6. The molecule has 0 atom stereocenters. The van der Waals surface area contributed by atoms with Crippen LogP contribution in [0.5, 0.6) is 23.0 Å². The smallest absolute Gasteiger partial charge is 0.271 e. The lowest BCUT2D eigenvalue weighted by Gasteiger charge is -2.15. The summed E-state index contributed by atoms with van der Waals surface area (Å²) in [6, 6.07) is 14.8. The van der Waals surface area contributed by atoms with E-state index in [0.29, 0.717) is 57.4 Å². The SMILES string of the molecule is CCOc1ccc(C(=O)N/N=C/c2cc(Br)c(OCc3ccccc3F)c(OCC)c2)cc1OC. The number of rotatable bonds is 11. The third-order valence-electron chi connectivity index (χ3n) is 4.77. The van der Waals surface area contributed by atoms with Crippen LogP contribution in [0.2, 0.25) is 0 Å². The fourth-order valence-corrected chi connectivity index (χ4v) is 3.72. The predicted molar refractivity (Wildman–Crippen MR) is 135 cm³/mol. The molecular formula is C26H26BrFN2O5. The molecule has 0 aliphatic carbocycles. The number of hydrogen-bond donors (Lipinski definition) is 1. The molecule has 0 aliphatic heterocycles. The normalized spacial score (nSPS) is 10.8. The number of halogens is 2. The zero-order valence-corrected chi connectivity index (χ0v) is 21.2. The molecule has 0 radical (unpaired) electrons. The first-order chi connectivity index (χ1) is 17.0. The van der Waals surface area contributed by atoms with Gasteiger partial charge in [-0.1, -0.05) is 18.2 Å². The van der Waals surface area contributed by atoms with Crippen molar-refractivity contribution >= 4 is 28.1 Å². The highest BCUT2D eigenvalue weighted by atomic mass is 79.9. The summed E-state index contributed by atoms with van der Waals surface area (Å²) in [5, 5.41) is 4.05. The molecule has 0 spiro atoms. The maximum atomic E-state index is 13.9. The standard InChI is InChI=1S/C26H26BrFN2O5/c1-4-33-22-11-10-18(14-23(22)32-3)26(31)30-29-15-17-12-20(27)25(24(13-17)34-5-2)35-16-19-8-6-7-9-21(19)28/h6-15H,4-5,16H2,1-3H3,(H,30,31)/b29-15+. The summed E-state index contributed by atoms with van der Waals surface area (Å²) in [5.41, 5.74) is 3.95. The summed E-state index contributed by atoms with van der Waals surface area (Å²) in [7, 11) is 1.51. The second-order valence-corrected chi connectivity index (χ2v) is 8.00. The maximum absolute atomic E-state index is 13.9. The van der Waals surface area contributed by atoms with E-state index in [4.69, 9.17) is 18.9 Å². The van der Waals surface area contributed by atoms with Gasteiger partial charge in [-0.15, -0.1) is 0 Å². The molecule has 0 aromatic heterocycles. The Labute approximate surface area is 212 Å². The third-order valence-corrected chi connectivity index (χ3v) is 5.36. The Morgan fingerprint density at radius 2 is 1.74 bits per heavy atom. The zero-order chi connectivity index (χ0) is 25.2. The molecule has 9 heteroatoms. The molecule has 0 unspecified atom stereocenters. The van der Waals surface area contributed by atoms with Crippen molar-refractivity contribution in [3.8, 4) is 23.0 Å². The van der Waals surface area contributed by atoms with Gasteiger partial charge in [0.25, 0.3) is 5.91 Å². The van der Waals surface area contributed by atoms with E-state index in [1.165, 1.54) is 19.4 Å². The van der Waals surface area contributed by atoms with E-state index in [-0.39, 0.29) is 12.4 Å². The number of benzene rings is 3. The first-order valence-electron chi connectivity index (χ1n) is 10.9. The molecule has 1 N–H and O–H groups in total. The molecule has 35 heavy (non-hydrogen) atoms. The predicted octanol–water partition coefficient (Wildman–Crippen LogP) is 5.74. The minimum atomic E-state index is -0.406. The Hall–Kier alpha value is -3.59. The summed E-state index contributed by atoms with van der Waals surface area (Å²) < 4.78 is 36.8. The van der Waals surface area contributed by atoms with Gasteiger partial charge in [-0.25, -0.2) is 9.82 Å². The van der Waals surface area contributed by atoms with Crippen LogP contribution in [0.1, 0.15) is 35.3 Å². The Morgan fingerprint density at radius 3 is 2.46 bits per heavy atom. The van der Waals surface area contributed by atoms with Crippen LogP contribution in [0, 0.1) is 5.82 Å². The van der Waals surface area contributed by atoms with Gasteiger partial charge in [0.05, 0.1) is 31.0 Å². The molecule has 184 valence electrons. The molecule has 3 aromatic rings. The highest BCUT2D eigenvalue weighted by Crippen LogP contribution is 2.37. The monoisotopic (exact) mass is 544 g/mol. The molecule has 0 saturated heterocycles. The van der Waals surface area contributed by atoms with Gasteiger partial charge < -0.3 is 18.9 Å². The average Bonchev–Trinajstić information content (AvgIpc) is 2.85. The number of nitrogens with one attached hydrogen (secondary N) is 1. The largest absolute Gasteiger partial charge is 0.493 e. The number of ether oxygens (including phenoxy) is 4. The fraction of sp³-hybridized carbons (Fsp3) is 0.231. The summed E-state index contributed by atoms with van der Waals surface area (Å²) in [6.45, 7) is 4.64.